The summed E-state index contributed by atoms with van der Waals surface area (Å²) in [5.41, 5.74) is 1.62. The molecule has 0 heterocycles. The van der Waals surface area contributed by atoms with Gasteiger partial charge in [0.25, 0.3) is 0 Å². The Morgan fingerprint density at radius 1 is 1.08 bits per heavy atom. The first-order valence-corrected chi connectivity index (χ1v) is 9.62. The maximum atomic E-state index is 13.3. The lowest BCUT2D eigenvalue weighted by Crippen LogP contribution is -2.38. The number of halogens is 1. The largest absolute Gasteiger partial charge is 0.387 e. The van der Waals surface area contributed by atoms with Crippen LogP contribution in [0.4, 0.5) is 4.39 Å². The highest BCUT2D eigenvalue weighted by atomic mass is 32.2. The third-order valence-electron chi connectivity index (χ3n) is 3.86. The Morgan fingerprint density at radius 2 is 1.71 bits per heavy atom. The van der Waals surface area contributed by atoms with Crippen LogP contribution in [-0.2, 0) is 16.3 Å². The number of aliphatic hydroxyl groups is 1. The van der Waals surface area contributed by atoms with Crippen molar-refractivity contribution in [2.45, 2.75) is 23.5 Å². The molecule has 0 radical (unpaired) electrons. The minimum atomic E-state index is -3.29. The summed E-state index contributed by atoms with van der Waals surface area (Å²) in [6, 6.07) is 15.0. The fourth-order valence-electron chi connectivity index (χ4n) is 2.44. The van der Waals surface area contributed by atoms with Gasteiger partial charge in [-0.25, -0.2) is 12.8 Å². The molecule has 0 aliphatic rings. The van der Waals surface area contributed by atoms with Gasteiger partial charge in [-0.1, -0.05) is 42.5 Å². The molecule has 6 heteroatoms. The van der Waals surface area contributed by atoms with Crippen LogP contribution in [0.15, 0.2) is 59.5 Å². The molecule has 2 atom stereocenters. The fourth-order valence-corrected chi connectivity index (χ4v) is 3.07. The number of aliphatic hydroxyl groups excluding tert-OH is 1. The van der Waals surface area contributed by atoms with Gasteiger partial charge in [0.2, 0.25) is 0 Å². The lowest BCUT2D eigenvalue weighted by molar-refractivity contribution is 0.113. The van der Waals surface area contributed by atoms with E-state index in [1.165, 1.54) is 24.3 Å². The van der Waals surface area contributed by atoms with Gasteiger partial charge >= 0.3 is 0 Å². The molecule has 0 aromatic heterocycles. The van der Waals surface area contributed by atoms with Crippen LogP contribution in [-0.4, -0.2) is 39.0 Å². The second-order valence-corrected chi connectivity index (χ2v) is 7.75. The zero-order valence-electron chi connectivity index (χ0n) is 13.5. The second-order valence-electron chi connectivity index (χ2n) is 5.74. The molecular weight excluding hydrogens is 329 g/mol. The van der Waals surface area contributed by atoms with E-state index >= 15 is 0 Å². The summed E-state index contributed by atoms with van der Waals surface area (Å²) < 4.78 is 36.2. The summed E-state index contributed by atoms with van der Waals surface area (Å²) in [5, 5.41) is 13.3. The van der Waals surface area contributed by atoms with E-state index in [9.17, 15) is 17.9 Å². The predicted molar refractivity (Wildman–Crippen MR) is 92.4 cm³/mol. The highest BCUT2D eigenvalue weighted by Crippen LogP contribution is 2.20. The minimum Gasteiger partial charge on any atom is -0.387 e. The number of rotatable bonds is 8. The summed E-state index contributed by atoms with van der Waals surface area (Å²) in [4.78, 5) is 0.173. The van der Waals surface area contributed by atoms with E-state index in [4.69, 9.17) is 0 Å². The zero-order chi connectivity index (χ0) is 17.6. The van der Waals surface area contributed by atoms with Crippen LogP contribution in [0, 0.1) is 0 Å². The van der Waals surface area contributed by atoms with E-state index in [1.54, 1.807) is 0 Å². The summed E-state index contributed by atoms with van der Waals surface area (Å²) in [7, 11) is -3.29. The zero-order valence-corrected chi connectivity index (χ0v) is 14.3. The van der Waals surface area contributed by atoms with Crippen molar-refractivity contribution >= 4 is 9.84 Å². The summed E-state index contributed by atoms with van der Waals surface area (Å²) in [6.07, 6.45) is 0.810. The van der Waals surface area contributed by atoms with E-state index in [0.717, 1.165) is 18.2 Å². The average molecular weight is 351 g/mol. The molecule has 130 valence electrons. The standard InChI is InChI=1S/C18H22FNO3S/c1-24(22,23)16-9-7-15(8-10-16)18(21)17(13-19)20-12-11-14-5-3-2-4-6-14/h2-10,17-18,20-21H,11-13H2,1H3. The SMILES string of the molecule is CS(=O)(=O)c1ccc(C(O)C(CF)NCCc2ccccc2)cc1. The molecular formula is C18H22FNO3S. The highest BCUT2D eigenvalue weighted by molar-refractivity contribution is 7.90. The number of sulfone groups is 1. The number of hydrogen-bond donors (Lipinski definition) is 2. The Hall–Kier alpha value is -1.76. The first-order chi connectivity index (χ1) is 11.4. The highest BCUT2D eigenvalue weighted by Gasteiger charge is 2.21. The van der Waals surface area contributed by atoms with Gasteiger partial charge < -0.3 is 10.4 Å². The lowest BCUT2D eigenvalue weighted by Gasteiger charge is -2.22. The molecule has 4 nitrogen and oxygen atoms in total. The van der Waals surface area contributed by atoms with E-state index < -0.39 is 28.7 Å². The van der Waals surface area contributed by atoms with E-state index in [-0.39, 0.29) is 4.90 Å². The molecule has 0 amide bonds. The molecule has 2 rings (SSSR count). The van der Waals surface area contributed by atoms with Crippen molar-refractivity contribution in [2.24, 2.45) is 0 Å². The molecule has 0 saturated carbocycles. The van der Waals surface area contributed by atoms with E-state index in [2.05, 4.69) is 5.32 Å². The Morgan fingerprint density at radius 3 is 2.25 bits per heavy atom. The molecule has 24 heavy (non-hydrogen) atoms. The van der Waals surface area contributed by atoms with Gasteiger partial charge in [-0.2, -0.15) is 0 Å². The molecule has 0 fully saturated rings. The Labute approximate surface area is 142 Å². The number of nitrogens with one attached hydrogen (secondary N) is 1. The van der Waals surface area contributed by atoms with Crippen molar-refractivity contribution in [2.75, 3.05) is 19.5 Å². The molecule has 0 spiro atoms. The molecule has 0 aliphatic carbocycles. The average Bonchev–Trinajstić information content (AvgIpc) is 2.58. The lowest BCUT2D eigenvalue weighted by atomic mass is 10.0. The molecule has 0 aliphatic heterocycles. The van der Waals surface area contributed by atoms with Crippen molar-refractivity contribution in [1.29, 1.82) is 0 Å². The van der Waals surface area contributed by atoms with Crippen molar-refractivity contribution in [3.8, 4) is 0 Å². The van der Waals surface area contributed by atoms with Crippen LogP contribution in [0.25, 0.3) is 0 Å². The van der Waals surface area contributed by atoms with Gasteiger partial charge in [0.15, 0.2) is 9.84 Å². The van der Waals surface area contributed by atoms with Crippen molar-refractivity contribution in [3.05, 3.63) is 65.7 Å². The number of hydrogen-bond acceptors (Lipinski definition) is 4. The van der Waals surface area contributed by atoms with Crippen LogP contribution >= 0.6 is 0 Å². The van der Waals surface area contributed by atoms with Gasteiger partial charge in [0.1, 0.15) is 6.67 Å². The van der Waals surface area contributed by atoms with Gasteiger partial charge in [-0.3, -0.25) is 0 Å². The predicted octanol–water partition coefficient (Wildman–Crippen LogP) is 2.29. The third-order valence-corrected chi connectivity index (χ3v) is 4.99. The number of alkyl halides is 1. The van der Waals surface area contributed by atoms with Gasteiger partial charge in [0, 0.05) is 6.26 Å². The summed E-state index contributed by atoms with van der Waals surface area (Å²) in [6.45, 7) is -0.180. The Kier molecular flexibility index (Phi) is 6.48. The first-order valence-electron chi connectivity index (χ1n) is 7.73. The minimum absolute atomic E-state index is 0.173. The normalized spacial score (nSPS) is 14.3. The number of benzene rings is 2. The first kappa shape index (κ1) is 18.6. The summed E-state index contributed by atoms with van der Waals surface area (Å²) >= 11 is 0. The molecule has 0 saturated heterocycles. The van der Waals surface area contributed by atoms with Crippen molar-refractivity contribution < 1.29 is 17.9 Å². The van der Waals surface area contributed by atoms with Crippen molar-refractivity contribution in [3.63, 3.8) is 0 Å². The van der Waals surface area contributed by atoms with Gasteiger partial charge in [-0.15, -0.1) is 0 Å². The van der Waals surface area contributed by atoms with Crippen LogP contribution in [0.1, 0.15) is 17.2 Å². The van der Waals surface area contributed by atoms with Crippen LogP contribution in [0.5, 0.6) is 0 Å². The molecule has 2 aromatic carbocycles. The molecule has 2 aromatic rings. The fraction of sp³-hybridized carbons (Fsp3) is 0.333. The summed E-state index contributed by atoms with van der Waals surface area (Å²) in [5.74, 6) is 0. The maximum absolute atomic E-state index is 13.3. The van der Waals surface area contributed by atoms with E-state index in [1.807, 2.05) is 30.3 Å². The smallest absolute Gasteiger partial charge is 0.175 e. The second kappa shape index (κ2) is 8.37. The Bertz CT molecular complexity index is 733. The third kappa shape index (κ3) is 5.12. The van der Waals surface area contributed by atoms with Crippen molar-refractivity contribution in [1.82, 2.24) is 5.32 Å². The van der Waals surface area contributed by atoms with Crippen LogP contribution in [0.3, 0.4) is 0 Å². The van der Waals surface area contributed by atoms with E-state index in [0.29, 0.717) is 12.1 Å². The van der Waals surface area contributed by atoms with Gasteiger partial charge in [0.05, 0.1) is 17.0 Å². The Balaban J connectivity index is 1.96. The topological polar surface area (TPSA) is 66.4 Å². The quantitative estimate of drug-likeness (QED) is 0.766. The monoisotopic (exact) mass is 351 g/mol. The molecule has 2 unspecified atom stereocenters. The maximum Gasteiger partial charge on any atom is 0.175 e. The molecule has 0 bridgehead atoms. The van der Waals surface area contributed by atoms with Crippen LogP contribution < -0.4 is 5.32 Å². The van der Waals surface area contributed by atoms with Crippen LogP contribution in [0.2, 0.25) is 0 Å². The van der Waals surface area contributed by atoms with Gasteiger partial charge in [-0.05, 0) is 36.2 Å². The molecule has 2 N–H and O–H groups in total.